The van der Waals surface area contributed by atoms with Crippen molar-refractivity contribution in [1.29, 1.82) is 0 Å². The largest absolute Gasteiger partial charge is 0.418 e. The number of hydrogen-bond donors (Lipinski definition) is 2. The first-order chi connectivity index (χ1) is 7.80. The van der Waals surface area contributed by atoms with Crippen molar-refractivity contribution in [3.63, 3.8) is 0 Å². The molecule has 1 aromatic rings. The van der Waals surface area contributed by atoms with Gasteiger partial charge in [0.25, 0.3) is 0 Å². The van der Waals surface area contributed by atoms with E-state index in [2.05, 4.69) is 4.98 Å². The van der Waals surface area contributed by atoms with Crippen LogP contribution in [0.25, 0.3) is 0 Å². The average Bonchev–Trinajstić information content (AvgIpc) is 2.74. The molecule has 3 N–H and O–H groups in total. The minimum atomic E-state index is -4.57. The molecule has 0 bridgehead atoms. The van der Waals surface area contributed by atoms with Crippen LogP contribution in [0.4, 0.5) is 18.3 Å². The van der Waals surface area contributed by atoms with Crippen molar-refractivity contribution in [3.05, 3.63) is 11.1 Å². The van der Waals surface area contributed by atoms with Crippen LogP contribution in [0.5, 0.6) is 0 Å². The quantitative estimate of drug-likeness (QED) is 0.846. The zero-order chi connectivity index (χ0) is 12.7. The molecule has 1 atom stereocenters. The normalized spacial score (nSPS) is 26.6. The van der Waals surface area contributed by atoms with Crippen molar-refractivity contribution in [2.45, 2.75) is 24.7 Å². The Hall–Kier alpha value is -0.860. The molecule has 1 fully saturated rings. The third-order valence-corrected chi connectivity index (χ3v) is 3.62. The van der Waals surface area contributed by atoms with E-state index < -0.39 is 18.3 Å². The first-order valence-electron chi connectivity index (χ1n) is 5.02. The molecular weight excluding hydrogens is 255 g/mol. The number of nitrogens with zero attached hydrogens (tertiary/aromatic N) is 2. The maximum atomic E-state index is 12.6. The number of halogens is 3. The van der Waals surface area contributed by atoms with E-state index in [4.69, 9.17) is 5.73 Å². The minimum Gasteiger partial charge on any atom is -0.379 e. The molecule has 0 saturated carbocycles. The number of β-amino-alcohol motifs (C(OH)–C–C–N with tert-alkyl or cyclic N) is 1. The van der Waals surface area contributed by atoms with E-state index in [1.807, 2.05) is 0 Å². The van der Waals surface area contributed by atoms with Crippen molar-refractivity contribution < 1.29 is 18.3 Å². The maximum absolute atomic E-state index is 12.6. The van der Waals surface area contributed by atoms with Crippen molar-refractivity contribution in [2.75, 3.05) is 18.8 Å². The molecule has 2 heterocycles. The molecule has 1 unspecified atom stereocenters. The lowest BCUT2D eigenvalue weighted by Gasteiger charge is -2.25. The maximum Gasteiger partial charge on any atom is 0.418 e. The van der Waals surface area contributed by atoms with Crippen molar-refractivity contribution in [3.8, 4) is 0 Å². The molecule has 1 aliphatic rings. The molecule has 4 nitrogen and oxygen atoms in total. The predicted molar refractivity (Wildman–Crippen MR) is 57.4 cm³/mol. The summed E-state index contributed by atoms with van der Waals surface area (Å²) in [5.74, 6) is 0. The predicted octanol–water partition coefficient (Wildman–Crippen LogP) is 1.22. The van der Waals surface area contributed by atoms with Gasteiger partial charge in [0.1, 0.15) is 0 Å². The Morgan fingerprint density at radius 3 is 2.76 bits per heavy atom. The van der Waals surface area contributed by atoms with Gasteiger partial charge in [0, 0.05) is 30.7 Å². The van der Waals surface area contributed by atoms with Crippen molar-refractivity contribution in [1.82, 2.24) is 9.88 Å². The molecule has 2 rings (SSSR count). The molecule has 17 heavy (non-hydrogen) atoms. The van der Waals surface area contributed by atoms with Gasteiger partial charge < -0.3 is 10.8 Å². The van der Waals surface area contributed by atoms with Gasteiger partial charge in [0.2, 0.25) is 0 Å². The molecule has 0 radical (unpaired) electrons. The topological polar surface area (TPSA) is 62.4 Å². The summed E-state index contributed by atoms with van der Waals surface area (Å²) in [5, 5.41) is 9.87. The van der Waals surface area contributed by atoms with E-state index in [-0.39, 0.29) is 13.0 Å². The van der Waals surface area contributed by atoms with Crippen LogP contribution in [0.15, 0.2) is 6.20 Å². The number of rotatable bonds is 2. The smallest absolute Gasteiger partial charge is 0.379 e. The standard InChI is InChI=1S/C9H12F3N3OS/c10-9(11,12)8(16)1-2-15(5-8)4-6-3-14-7(13)17-6/h3,16H,1-2,4-5H2,(H2,13,14). The molecule has 1 aliphatic heterocycles. The Bertz CT molecular complexity index is 408. The Labute approximate surface area is 99.9 Å². The second-order valence-electron chi connectivity index (χ2n) is 4.15. The summed E-state index contributed by atoms with van der Waals surface area (Å²) >= 11 is 1.24. The van der Waals surface area contributed by atoms with Crippen LogP contribution < -0.4 is 5.73 Å². The van der Waals surface area contributed by atoms with Gasteiger partial charge in [0.15, 0.2) is 10.7 Å². The molecule has 1 aromatic heterocycles. The van der Waals surface area contributed by atoms with Gasteiger partial charge in [-0.05, 0) is 6.42 Å². The highest BCUT2D eigenvalue weighted by Crippen LogP contribution is 2.38. The fraction of sp³-hybridized carbons (Fsp3) is 0.667. The highest BCUT2D eigenvalue weighted by atomic mass is 32.1. The Morgan fingerprint density at radius 1 is 1.59 bits per heavy atom. The van der Waals surface area contributed by atoms with Gasteiger partial charge in [-0.2, -0.15) is 13.2 Å². The number of nitrogen functional groups attached to an aromatic ring is 1. The van der Waals surface area contributed by atoms with Gasteiger partial charge in [-0.1, -0.05) is 0 Å². The molecular formula is C9H12F3N3OS. The number of thiazole rings is 1. The highest BCUT2D eigenvalue weighted by molar-refractivity contribution is 7.15. The third-order valence-electron chi connectivity index (χ3n) is 2.81. The number of aromatic nitrogens is 1. The second kappa shape index (κ2) is 4.11. The molecule has 96 valence electrons. The zero-order valence-corrected chi connectivity index (χ0v) is 9.68. The monoisotopic (exact) mass is 267 g/mol. The highest BCUT2D eigenvalue weighted by Gasteiger charge is 2.56. The van der Waals surface area contributed by atoms with Crippen LogP contribution in [-0.2, 0) is 6.54 Å². The lowest BCUT2D eigenvalue weighted by Crippen LogP contribution is -2.47. The van der Waals surface area contributed by atoms with E-state index >= 15 is 0 Å². The van der Waals surface area contributed by atoms with E-state index in [0.717, 1.165) is 4.88 Å². The first kappa shape index (κ1) is 12.6. The molecule has 0 aromatic carbocycles. The van der Waals surface area contributed by atoms with Crippen LogP contribution >= 0.6 is 11.3 Å². The number of likely N-dealkylation sites (tertiary alicyclic amines) is 1. The second-order valence-corrected chi connectivity index (χ2v) is 5.30. The van der Waals surface area contributed by atoms with Crippen LogP contribution in [0, 0.1) is 0 Å². The van der Waals surface area contributed by atoms with Crippen molar-refractivity contribution >= 4 is 16.5 Å². The van der Waals surface area contributed by atoms with Crippen LogP contribution in [0.1, 0.15) is 11.3 Å². The van der Waals surface area contributed by atoms with Gasteiger partial charge in [-0.25, -0.2) is 4.98 Å². The molecule has 0 aliphatic carbocycles. The summed E-state index contributed by atoms with van der Waals surface area (Å²) in [7, 11) is 0. The zero-order valence-electron chi connectivity index (χ0n) is 8.87. The first-order valence-corrected chi connectivity index (χ1v) is 5.83. The average molecular weight is 267 g/mol. The fourth-order valence-electron chi connectivity index (χ4n) is 1.85. The summed E-state index contributed by atoms with van der Waals surface area (Å²) in [6.07, 6.45) is -3.32. The number of nitrogens with two attached hydrogens (primary N) is 1. The van der Waals surface area contributed by atoms with Gasteiger partial charge in [-0.3, -0.25) is 4.90 Å². The summed E-state index contributed by atoms with van der Waals surface area (Å²) in [4.78, 5) is 6.18. The van der Waals surface area contributed by atoms with E-state index in [0.29, 0.717) is 11.7 Å². The van der Waals surface area contributed by atoms with Crippen molar-refractivity contribution in [2.24, 2.45) is 0 Å². The van der Waals surface area contributed by atoms with Crippen LogP contribution in [0.3, 0.4) is 0 Å². The van der Waals surface area contributed by atoms with E-state index in [1.165, 1.54) is 11.3 Å². The summed E-state index contributed by atoms with van der Waals surface area (Å²) in [6, 6.07) is 0. The van der Waals surface area contributed by atoms with Gasteiger partial charge >= 0.3 is 6.18 Å². The van der Waals surface area contributed by atoms with E-state index in [1.54, 1.807) is 11.1 Å². The molecule has 8 heteroatoms. The SMILES string of the molecule is Nc1ncc(CN2CCC(O)(C(F)(F)F)C2)s1. The van der Waals surface area contributed by atoms with Gasteiger partial charge in [-0.15, -0.1) is 11.3 Å². The number of aliphatic hydroxyl groups is 1. The molecule has 1 saturated heterocycles. The van der Waals surface area contributed by atoms with Crippen LogP contribution in [-0.4, -0.2) is 39.9 Å². The third kappa shape index (κ3) is 2.53. The molecule has 0 amide bonds. The lowest BCUT2D eigenvalue weighted by molar-refractivity contribution is -0.254. The number of alkyl halides is 3. The van der Waals surface area contributed by atoms with Gasteiger partial charge in [0.05, 0.1) is 0 Å². The lowest BCUT2D eigenvalue weighted by atomic mass is 10.0. The Kier molecular flexibility index (Phi) is 3.04. The minimum absolute atomic E-state index is 0.216. The van der Waals surface area contributed by atoms with Crippen LogP contribution in [0.2, 0.25) is 0 Å². The summed E-state index contributed by atoms with van der Waals surface area (Å²) < 4.78 is 37.7. The number of anilines is 1. The molecule has 0 spiro atoms. The Balaban J connectivity index is 1.99. The fourth-order valence-corrected chi connectivity index (χ4v) is 2.58. The summed E-state index contributed by atoms with van der Waals surface area (Å²) in [5.41, 5.74) is 2.85. The summed E-state index contributed by atoms with van der Waals surface area (Å²) in [6.45, 7) is 0.162. The van der Waals surface area contributed by atoms with E-state index in [9.17, 15) is 18.3 Å². The Morgan fingerprint density at radius 2 is 2.29 bits per heavy atom. The number of hydrogen-bond acceptors (Lipinski definition) is 5.